The fourth-order valence-electron chi connectivity index (χ4n) is 3.74. The zero-order valence-corrected chi connectivity index (χ0v) is 17.8. The largest absolute Gasteiger partial charge is 0.485 e. The number of hydrogen-bond donors (Lipinski definition) is 1. The van der Waals surface area contributed by atoms with Crippen molar-refractivity contribution < 1.29 is 19.1 Å². The van der Waals surface area contributed by atoms with E-state index in [0.29, 0.717) is 22.8 Å². The number of hydrogen-bond acceptors (Lipinski definition) is 6. The van der Waals surface area contributed by atoms with Crippen LogP contribution in [0.15, 0.2) is 83.8 Å². The zero-order chi connectivity index (χ0) is 23.7. The lowest BCUT2D eigenvalue weighted by atomic mass is 10.1. The molecule has 1 aliphatic heterocycles. The number of fused-ring (bicyclic) bond motifs is 2. The van der Waals surface area contributed by atoms with E-state index in [1.165, 1.54) is 10.5 Å². The van der Waals surface area contributed by atoms with Crippen LogP contribution >= 0.6 is 0 Å². The van der Waals surface area contributed by atoms with E-state index in [4.69, 9.17) is 4.74 Å². The Kier molecular flexibility index (Phi) is 5.35. The molecule has 9 nitrogen and oxygen atoms in total. The zero-order valence-electron chi connectivity index (χ0n) is 17.8. The number of carbonyl (C=O) groups is 3. The molecular formula is C25H18N4O5. The normalized spacial score (nSPS) is 12.6. The molecule has 3 amide bonds. The van der Waals surface area contributed by atoms with Crippen LogP contribution in [0.4, 0.5) is 5.69 Å². The van der Waals surface area contributed by atoms with Gasteiger partial charge in [0.2, 0.25) is 5.91 Å². The standard InChI is InChI=1S/C25H18N4O5/c30-22(14-29-24(32)17-7-1-2-8-18(17)25(29)33)27-19-9-3-4-10-20(19)34-15-16-13-23(31)28-12-6-5-11-21(28)26-16/h1-13H,14-15H2,(H,27,30). The molecule has 0 atom stereocenters. The summed E-state index contributed by atoms with van der Waals surface area (Å²) >= 11 is 0. The third-order valence-electron chi connectivity index (χ3n) is 5.34. The molecule has 0 radical (unpaired) electrons. The highest BCUT2D eigenvalue weighted by Crippen LogP contribution is 2.26. The summed E-state index contributed by atoms with van der Waals surface area (Å²) in [6.07, 6.45) is 1.63. The monoisotopic (exact) mass is 454 g/mol. The first-order chi connectivity index (χ1) is 16.5. The minimum absolute atomic E-state index is 0.00588. The van der Waals surface area contributed by atoms with Crippen molar-refractivity contribution in [1.29, 1.82) is 0 Å². The number of amides is 3. The van der Waals surface area contributed by atoms with Crippen molar-refractivity contribution in [3.05, 3.63) is 106 Å². The van der Waals surface area contributed by atoms with Gasteiger partial charge >= 0.3 is 0 Å². The quantitative estimate of drug-likeness (QED) is 0.449. The average molecular weight is 454 g/mol. The average Bonchev–Trinajstić information content (AvgIpc) is 3.08. The van der Waals surface area contributed by atoms with Gasteiger partial charge in [-0.05, 0) is 36.4 Å². The summed E-state index contributed by atoms with van der Waals surface area (Å²) in [6, 6.07) is 19.8. The molecule has 0 saturated carbocycles. The van der Waals surface area contributed by atoms with E-state index >= 15 is 0 Å². The lowest BCUT2D eigenvalue weighted by Crippen LogP contribution is -2.37. The molecule has 1 N–H and O–H groups in total. The molecule has 0 spiro atoms. The first-order valence-corrected chi connectivity index (χ1v) is 10.5. The van der Waals surface area contributed by atoms with Gasteiger partial charge in [0.15, 0.2) is 0 Å². The molecule has 0 bridgehead atoms. The maximum atomic E-state index is 12.7. The molecule has 2 aromatic carbocycles. The van der Waals surface area contributed by atoms with Crippen molar-refractivity contribution >= 4 is 29.1 Å². The fraction of sp³-hybridized carbons (Fsp3) is 0.0800. The lowest BCUT2D eigenvalue weighted by molar-refractivity contribution is -0.116. The minimum Gasteiger partial charge on any atom is -0.485 e. The van der Waals surface area contributed by atoms with Crippen LogP contribution in [0.1, 0.15) is 26.4 Å². The number of rotatable bonds is 6. The number of carbonyl (C=O) groups excluding carboxylic acids is 3. The first-order valence-electron chi connectivity index (χ1n) is 10.5. The minimum atomic E-state index is -0.548. The van der Waals surface area contributed by atoms with Crippen LogP contribution in [0.3, 0.4) is 0 Å². The van der Waals surface area contributed by atoms with Crippen LogP contribution in [0.2, 0.25) is 0 Å². The molecule has 3 heterocycles. The van der Waals surface area contributed by atoms with Crippen molar-refractivity contribution in [1.82, 2.24) is 14.3 Å². The van der Waals surface area contributed by atoms with Gasteiger partial charge in [-0.2, -0.15) is 0 Å². The van der Waals surface area contributed by atoms with Crippen molar-refractivity contribution in [3.8, 4) is 5.75 Å². The fourth-order valence-corrected chi connectivity index (χ4v) is 3.74. The SMILES string of the molecule is O=C(CN1C(=O)c2ccccc2C1=O)Nc1ccccc1OCc1cc(=O)n2ccccc2n1. The molecule has 4 aromatic rings. The van der Waals surface area contributed by atoms with Gasteiger partial charge < -0.3 is 10.1 Å². The van der Waals surface area contributed by atoms with Crippen LogP contribution < -0.4 is 15.6 Å². The third-order valence-corrected chi connectivity index (χ3v) is 5.34. The van der Waals surface area contributed by atoms with Gasteiger partial charge in [-0.15, -0.1) is 0 Å². The smallest absolute Gasteiger partial charge is 0.262 e. The second kappa shape index (κ2) is 8.62. The van der Waals surface area contributed by atoms with Crippen LogP contribution in [0.25, 0.3) is 5.65 Å². The highest BCUT2D eigenvalue weighted by molar-refractivity contribution is 6.22. The molecule has 34 heavy (non-hydrogen) atoms. The molecule has 1 aliphatic rings. The maximum Gasteiger partial charge on any atom is 0.262 e. The number of anilines is 1. The van der Waals surface area contributed by atoms with E-state index in [1.54, 1.807) is 72.9 Å². The van der Waals surface area contributed by atoms with Gasteiger partial charge in [-0.1, -0.05) is 30.3 Å². The van der Waals surface area contributed by atoms with E-state index < -0.39 is 24.3 Å². The topological polar surface area (TPSA) is 110 Å². The summed E-state index contributed by atoms with van der Waals surface area (Å²) in [5, 5.41) is 2.69. The number of benzene rings is 2. The Balaban J connectivity index is 1.28. The van der Waals surface area contributed by atoms with E-state index in [1.807, 2.05) is 0 Å². The van der Waals surface area contributed by atoms with Gasteiger partial charge in [0, 0.05) is 12.3 Å². The summed E-state index contributed by atoms with van der Waals surface area (Å²) in [4.78, 5) is 55.3. The van der Waals surface area contributed by atoms with Gasteiger partial charge in [0.1, 0.15) is 24.5 Å². The highest BCUT2D eigenvalue weighted by atomic mass is 16.5. The molecule has 0 unspecified atom stereocenters. The van der Waals surface area contributed by atoms with E-state index in [0.717, 1.165) is 4.90 Å². The Bertz CT molecular complexity index is 1480. The maximum absolute atomic E-state index is 12.7. The lowest BCUT2D eigenvalue weighted by Gasteiger charge is -2.16. The first kappa shape index (κ1) is 21.1. The number of para-hydroxylation sites is 2. The summed E-state index contributed by atoms with van der Waals surface area (Å²) in [5.41, 5.74) is 1.62. The Labute approximate surface area is 193 Å². The van der Waals surface area contributed by atoms with E-state index in [-0.39, 0.29) is 23.3 Å². The van der Waals surface area contributed by atoms with Crippen LogP contribution in [0, 0.1) is 0 Å². The third kappa shape index (κ3) is 3.90. The molecule has 9 heteroatoms. The van der Waals surface area contributed by atoms with Crippen molar-refractivity contribution in [2.24, 2.45) is 0 Å². The number of ether oxygens (including phenoxy) is 1. The second-order valence-electron chi connectivity index (χ2n) is 7.59. The van der Waals surface area contributed by atoms with Crippen molar-refractivity contribution in [2.45, 2.75) is 6.61 Å². The predicted octanol–water partition coefficient (Wildman–Crippen LogP) is 2.51. The van der Waals surface area contributed by atoms with E-state index in [2.05, 4.69) is 10.3 Å². The van der Waals surface area contributed by atoms with Crippen molar-refractivity contribution in [3.63, 3.8) is 0 Å². The van der Waals surface area contributed by atoms with Crippen LogP contribution in [-0.2, 0) is 11.4 Å². The molecule has 5 rings (SSSR count). The summed E-state index contributed by atoms with van der Waals surface area (Å²) in [7, 11) is 0. The molecule has 0 saturated heterocycles. The molecule has 2 aromatic heterocycles. The molecule has 0 fully saturated rings. The molecular weight excluding hydrogens is 436 g/mol. The van der Waals surface area contributed by atoms with Crippen LogP contribution in [0.5, 0.6) is 5.75 Å². The van der Waals surface area contributed by atoms with Gasteiger partial charge in [0.25, 0.3) is 17.4 Å². The number of imide groups is 1. The number of aromatic nitrogens is 2. The Morgan fingerprint density at radius 3 is 2.32 bits per heavy atom. The number of nitrogens with zero attached hydrogens (tertiary/aromatic N) is 3. The van der Waals surface area contributed by atoms with Crippen molar-refractivity contribution in [2.75, 3.05) is 11.9 Å². The van der Waals surface area contributed by atoms with Crippen LogP contribution in [-0.4, -0.2) is 38.6 Å². The molecule has 0 aliphatic carbocycles. The Morgan fingerprint density at radius 1 is 0.882 bits per heavy atom. The van der Waals surface area contributed by atoms with E-state index in [9.17, 15) is 19.2 Å². The summed E-state index contributed by atoms with van der Waals surface area (Å²) < 4.78 is 7.25. The van der Waals surface area contributed by atoms with Gasteiger partial charge in [-0.25, -0.2) is 4.98 Å². The van der Waals surface area contributed by atoms with Gasteiger partial charge in [0.05, 0.1) is 22.5 Å². The number of pyridine rings is 1. The summed E-state index contributed by atoms with van der Waals surface area (Å²) in [6.45, 7) is -0.421. The Hall–Kier alpha value is -4.79. The number of nitrogens with one attached hydrogen (secondary N) is 1. The summed E-state index contributed by atoms with van der Waals surface area (Å²) in [5.74, 6) is -1.20. The highest BCUT2D eigenvalue weighted by Gasteiger charge is 2.36. The second-order valence-corrected chi connectivity index (χ2v) is 7.59. The molecule has 168 valence electrons. The Morgan fingerprint density at radius 2 is 1.56 bits per heavy atom. The van der Waals surface area contributed by atoms with Gasteiger partial charge in [-0.3, -0.25) is 28.5 Å². The predicted molar refractivity (Wildman–Crippen MR) is 123 cm³/mol.